The van der Waals surface area contributed by atoms with Crippen molar-refractivity contribution in [3.8, 4) is 0 Å². The van der Waals surface area contributed by atoms with E-state index in [1.54, 1.807) is 7.11 Å². The number of carbonyl (C=O) groups excluding carboxylic acids is 1. The minimum absolute atomic E-state index is 0.268. The Labute approximate surface area is 118 Å². The molecule has 2 atom stereocenters. The molecule has 1 aromatic heterocycles. The largest absolute Gasteiger partial charge is 0.461 e. The fourth-order valence-corrected chi connectivity index (χ4v) is 2.11. The molecule has 4 nitrogen and oxygen atoms in total. The number of nitrogens with one attached hydrogen (secondary N) is 1. The fourth-order valence-electron chi connectivity index (χ4n) is 2.11. The Bertz CT molecular complexity index is 522. The van der Waals surface area contributed by atoms with Crippen molar-refractivity contribution in [2.45, 2.75) is 19.6 Å². The van der Waals surface area contributed by atoms with Gasteiger partial charge in [0.25, 0.3) is 0 Å². The number of ether oxygens (including phenoxy) is 2. The molecule has 0 bridgehead atoms. The number of methoxy groups -OCH3 is 1. The number of aromatic amines is 1. The highest BCUT2D eigenvalue weighted by Gasteiger charge is 2.27. The Kier molecular flexibility index (Phi) is 4.96. The van der Waals surface area contributed by atoms with Crippen LogP contribution in [0.25, 0.3) is 0 Å². The van der Waals surface area contributed by atoms with Crippen LogP contribution in [-0.2, 0) is 20.9 Å². The normalized spacial score (nSPS) is 13.7. The monoisotopic (exact) mass is 273 g/mol. The first-order valence-corrected chi connectivity index (χ1v) is 6.59. The predicted octanol–water partition coefficient (Wildman–Crippen LogP) is 3.08. The van der Waals surface area contributed by atoms with E-state index < -0.39 is 0 Å². The fraction of sp³-hybridized carbons (Fsp3) is 0.312. The zero-order valence-corrected chi connectivity index (χ0v) is 11.7. The van der Waals surface area contributed by atoms with E-state index in [1.807, 2.05) is 55.6 Å². The van der Waals surface area contributed by atoms with E-state index in [0.29, 0.717) is 0 Å². The van der Waals surface area contributed by atoms with Crippen LogP contribution >= 0.6 is 0 Å². The van der Waals surface area contributed by atoms with Gasteiger partial charge in [0.15, 0.2) is 0 Å². The van der Waals surface area contributed by atoms with Crippen molar-refractivity contribution < 1.29 is 14.3 Å². The summed E-state index contributed by atoms with van der Waals surface area (Å²) in [6.07, 6.45) is 1.48. The lowest BCUT2D eigenvalue weighted by atomic mass is 10.0. The Balaban J connectivity index is 1.94. The van der Waals surface area contributed by atoms with Gasteiger partial charge in [-0.25, -0.2) is 0 Å². The summed E-state index contributed by atoms with van der Waals surface area (Å²) < 4.78 is 10.7. The van der Waals surface area contributed by atoms with Crippen LogP contribution in [0.1, 0.15) is 24.3 Å². The van der Waals surface area contributed by atoms with E-state index in [1.165, 1.54) is 0 Å². The summed E-state index contributed by atoms with van der Waals surface area (Å²) >= 11 is 0. The van der Waals surface area contributed by atoms with E-state index in [9.17, 15) is 4.79 Å². The van der Waals surface area contributed by atoms with Gasteiger partial charge < -0.3 is 14.5 Å². The van der Waals surface area contributed by atoms with Gasteiger partial charge in [-0.15, -0.1) is 0 Å². The van der Waals surface area contributed by atoms with E-state index in [4.69, 9.17) is 9.47 Å². The molecule has 0 saturated carbocycles. The summed E-state index contributed by atoms with van der Waals surface area (Å²) in [5, 5.41) is 0. The SMILES string of the molecule is CO[C@@H](c1ccc[nH]1)[C@@H](C)C(=O)OCc1ccccc1. The molecule has 0 unspecified atom stereocenters. The first-order valence-electron chi connectivity index (χ1n) is 6.59. The molecule has 0 aliphatic carbocycles. The van der Waals surface area contributed by atoms with Crippen molar-refractivity contribution in [1.29, 1.82) is 0 Å². The first kappa shape index (κ1) is 14.3. The zero-order chi connectivity index (χ0) is 14.4. The second-order valence-corrected chi connectivity index (χ2v) is 4.66. The van der Waals surface area contributed by atoms with Gasteiger partial charge in [0.2, 0.25) is 0 Å². The lowest BCUT2D eigenvalue weighted by molar-refractivity contribution is -0.154. The third kappa shape index (κ3) is 3.48. The molecule has 1 heterocycles. The van der Waals surface area contributed by atoms with Crippen LogP contribution in [0.3, 0.4) is 0 Å². The van der Waals surface area contributed by atoms with Crippen LogP contribution in [0.4, 0.5) is 0 Å². The van der Waals surface area contributed by atoms with Crippen LogP contribution in [0, 0.1) is 5.92 Å². The van der Waals surface area contributed by atoms with Gasteiger partial charge in [-0.2, -0.15) is 0 Å². The Morgan fingerprint density at radius 3 is 2.55 bits per heavy atom. The summed E-state index contributed by atoms with van der Waals surface area (Å²) in [4.78, 5) is 15.2. The van der Waals surface area contributed by atoms with Gasteiger partial charge in [0.05, 0.1) is 5.92 Å². The highest BCUT2D eigenvalue weighted by molar-refractivity contribution is 5.73. The molecule has 4 heteroatoms. The van der Waals surface area contributed by atoms with Crippen molar-refractivity contribution in [3.63, 3.8) is 0 Å². The van der Waals surface area contributed by atoms with Crippen molar-refractivity contribution in [2.24, 2.45) is 5.92 Å². The lowest BCUT2D eigenvalue weighted by Crippen LogP contribution is -2.23. The highest BCUT2D eigenvalue weighted by Crippen LogP contribution is 2.25. The minimum Gasteiger partial charge on any atom is -0.461 e. The van der Waals surface area contributed by atoms with Gasteiger partial charge >= 0.3 is 5.97 Å². The van der Waals surface area contributed by atoms with Crippen LogP contribution in [-0.4, -0.2) is 18.1 Å². The molecule has 1 aromatic carbocycles. The number of rotatable bonds is 6. The second kappa shape index (κ2) is 6.91. The maximum Gasteiger partial charge on any atom is 0.312 e. The molecule has 0 spiro atoms. The van der Waals surface area contributed by atoms with Crippen LogP contribution < -0.4 is 0 Å². The third-order valence-electron chi connectivity index (χ3n) is 3.23. The van der Waals surface area contributed by atoms with E-state index in [-0.39, 0.29) is 24.6 Å². The smallest absolute Gasteiger partial charge is 0.312 e. The molecule has 1 N–H and O–H groups in total. The summed E-state index contributed by atoms with van der Waals surface area (Å²) in [5.41, 5.74) is 1.85. The topological polar surface area (TPSA) is 51.3 Å². The summed E-state index contributed by atoms with van der Waals surface area (Å²) in [6.45, 7) is 2.09. The van der Waals surface area contributed by atoms with Gasteiger partial charge in [-0.05, 0) is 24.6 Å². The summed E-state index contributed by atoms with van der Waals surface area (Å²) in [7, 11) is 1.59. The Hall–Kier alpha value is -2.07. The number of esters is 1. The van der Waals surface area contributed by atoms with E-state index in [2.05, 4.69) is 4.98 Å². The van der Waals surface area contributed by atoms with Crippen molar-refractivity contribution in [1.82, 2.24) is 4.98 Å². The summed E-state index contributed by atoms with van der Waals surface area (Å²) in [6, 6.07) is 13.4. The van der Waals surface area contributed by atoms with Crippen molar-refractivity contribution >= 4 is 5.97 Å². The summed E-state index contributed by atoms with van der Waals surface area (Å²) in [5.74, 6) is -0.641. The van der Waals surface area contributed by atoms with Crippen molar-refractivity contribution in [2.75, 3.05) is 7.11 Å². The maximum absolute atomic E-state index is 12.1. The molecule has 106 valence electrons. The molecule has 0 amide bonds. The number of H-pyrrole nitrogens is 1. The molecule has 0 saturated heterocycles. The van der Waals surface area contributed by atoms with E-state index in [0.717, 1.165) is 11.3 Å². The predicted molar refractivity (Wildman–Crippen MR) is 75.9 cm³/mol. The first-order chi connectivity index (χ1) is 9.72. The molecule has 0 radical (unpaired) electrons. The number of hydrogen-bond donors (Lipinski definition) is 1. The number of carbonyl (C=O) groups is 1. The average Bonchev–Trinajstić information content (AvgIpc) is 3.00. The second-order valence-electron chi connectivity index (χ2n) is 4.66. The quantitative estimate of drug-likeness (QED) is 0.823. The molecule has 0 aliphatic rings. The molecule has 20 heavy (non-hydrogen) atoms. The van der Waals surface area contributed by atoms with Gasteiger partial charge in [0.1, 0.15) is 12.7 Å². The Morgan fingerprint density at radius 2 is 1.95 bits per heavy atom. The Morgan fingerprint density at radius 1 is 1.20 bits per heavy atom. The average molecular weight is 273 g/mol. The zero-order valence-electron chi connectivity index (χ0n) is 11.7. The van der Waals surface area contributed by atoms with Crippen molar-refractivity contribution in [3.05, 3.63) is 59.9 Å². The minimum atomic E-state index is -0.373. The standard InChI is InChI=1S/C16H19NO3/c1-12(15(19-2)14-9-6-10-17-14)16(18)20-11-13-7-4-3-5-8-13/h3-10,12,15,17H,11H2,1-2H3/t12-,15-/m1/s1. The van der Waals surface area contributed by atoms with Gasteiger partial charge in [-0.3, -0.25) is 4.79 Å². The van der Waals surface area contributed by atoms with Crippen LogP contribution in [0.2, 0.25) is 0 Å². The molecule has 2 rings (SSSR count). The van der Waals surface area contributed by atoms with Gasteiger partial charge in [0, 0.05) is 19.0 Å². The molecular weight excluding hydrogens is 254 g/mol. The molecule has 0 aliphatic heterocycles. The van der Waals surface area contributed by atoms with Crippen LogP contribution in [0.5, 0.6) is 0 Å². The lowest BCUT2D eigenvalue weighted by Gasteiger charge is -2.20. The highest BCUT2D eigenvalue weighted by atomic mass is 16.5. The molecule has 2 aromatic rings. The molecule has 0 fully saturated rings. The maximum atomic E-state index is 12.1. The van der Waals surface area contributed by atoms with E-state index >= 15 is 0 Å². The number of hydrogen-bond acceptors (Lipinski definition) is 3. The van der Waals surface area contributed by atoms with Gasteiger partial charge in [-0.1, -0.05) is 30.3 Å². The number of benzene rings is 1. The third-order valence-corrected chi connectivity index (χ3v) is 3.23. The number of aromatic nitrogens is 1. The molecular formula is C16H19NO3. The van der Waals surface area contributed by atoms with Crippen LogP contribution in [0.15, 0.2) is 48.7 Å².